The van der Waals surface area contributed by atoms with Crippen molar-refractivity contribution in [2.24, 2.45) is 0 Å². The van der Waals surface area contributed by atoms with E-state index in [1.54, 1.807) is 13.3 Å². The van der Waals surface area contributed by atoms with E-state index in [2.05, 4.69) is 20.6 Å². The van der Waals surface area contributed by atoms with Crippen molar-refractivity contribution in [3.05, 3.63) is 59.8 Å². The van der Waals surface area contributed by atoms with Gasteiger partial charge in [0.05, 0.1) is 18.4 Å². The molecule has 3 aromatic rings. The molecular formula is C21H21N5O2. The second-order valence-electron chi connectivity index (χ2n) is 6.69. The molecule has 1 aliphatic heterocycles. The van der Waals surface area contributed by atoms with E-state index in [1.807, 2.05) is 61.5 Å². The van der Waals surface area contributed by atoms with Gasteiger partial charge in [0.25, 0.3) is 5.91 Å². The number of aromatic nitrogens is 2. The average molecular weight is 375 g/mol. The Hall–Kier alpha value is -3.61. The lowest BCUT2D eigenvalue weighted by molar-refractivity contribution is 0.0966. The largest absolute Gasteiger partial charge is 0.497 e. The predicted molar refractivity (Wildman–Crippen MR) is 109 cm³/mol. The zero-order valence-electron chi connectivity index (χ0n) is 16.0. The van der Waals surface area contributed by atoms with Gasteiger partial charge in [-0.3, -0.25) is 4.79 Å². The minimum absolute atomic E-state index is 0.0515. The second kappa shape index (κ2) is 7.19. The molecule has 0 saturated heterocycles. The number of carbonyl (C=O) groups excluding carboxylic acids is 1. The van der Waals surface area contributed by atoms with Gasteiger partial charge in [-0.25, -0.2) is 9.97 Å². The molecule has 142 valence electrons. The van der Waals surface area contributed by atoms with Gasteiger partial charge < -0.3 is 20.3 Å². The highest BCUT2D eigenvalue weighted by molar-refractivity contribution is 6.05. The number of hydrogen-bond donors (Lipinski definition) is 2. The number of amides is 1. The topological polar surface area (TPSA) is 79.4 Å². The molecular weight excluding hydrogens is 354 g/mol. The van der Waals surface area contributed by atoms with Crippen molar-refractivity contribution in [3.8, 4) is 17.0 Å². The molecule has 4 rings (SSSR count). The van der Waals surface area contributed by atoms with E-state index in [-0.39, 0.29) is 5.91 Å². The van der Waals surface area contributed by atoms with Crippen LogP contribution in [-0.2, 0) is 6.54 Å². The van der Waals surface area contributed by atoms with E-state index >= 15 is 0 Å². The van der Waals surface area contributed by atoms with Crippen molar-refractivity contribution in [2.45, 2.75) is 6.54 Å². The Kier molecular flexibility index (Phi) is 4.57. The fourth-order valence-electron chi connectivity index (χ4n) is 3.34. The number of carbonyl (C=O) groups is 1. The summed E-state index contributed by atoms with van der Waals surface area (Å²) in [5.41, 5.74) is 5.10. The van der Waals surface area contributed by atoms with Crippen LogP contribution < -0.4 is 20.3 Å². The smallest absolute Gasteiger partial charge is 0.254 e. The van der Waals surface area contributed by atoms with Crippen molar-refractivity contribution < 1.29 is 9.53 Å². The number of nitrogens with one attached hydrogen (secondary N) is 2. The summed E-state index contributed by atoms with van der Waals surface area (Å²) in [6.45, 7) is 0.494. The lowest BCUT2D eigenvalue weighted by atomic mass is 9.98. The Morgan fingerprint density at radius 1 is 1.18 bits per heavy atom. The molecule has 7 nitrogen and oxygen atoms in total. The Bertz CT molecular complexity index is 1050. The van der Waals surface area contributed by atoms with Crippen molar-refractivity contribution in [3.63, 3.8) is 0 Å². The third-order valence-electron chi connectivity index (χ3n) is 4.68. The van der Waals surface area contributed by atoms with Gasteiger partial charge >= 0.3 is 0 Å². The normalized spacial score (nSPS) is 12.3. The molecule has 0 bridgehead atoms. The number of nitrogens with zero attached hydrogens (tertiary/aromatic N) is 3. The second-order valence-corrected chi connectivity index (χ2v) is 6.69. The van der Waals surface area contributed by atoms with Crippen molar-refractivity contribution in [1.29, 1.82) is 0 Å². The molecule has 1 aliphatic rings. The first-order valence-corrected chi connectivity index (χ1v) is 8.92. The van der Waals surface area contributed by atoms with Crippen LogP contribution in [0.15, 0.2) is 48.7 Å². The lowest BCUT2D eigenvalue weighted by Crippen LogP contribution is -2.17. The molecule has 0 radical (unpaired) electrons. The Morgan fingerprint density at radius 2 is 2.04 bits per heavy atom. The van der Waals surface area contributed by atoms with Crippen LogP contribution in [0.25, 0.3) is 11.3 Å². The maximum Gasteiger partial charge on any atom is 0.254 e. The highest BCUT2D eigenvalue weighted by Gasteiger charge is 2.27. The summed E-state index contributed by atoms with van der Waals surface area (Å²) in [6, 6.07) is 13.4. The Labute approximate surface area is 163 Å². The molecule has 2 N–H and O–H groups in total. The van der Waals surface area contributed by atoms with Crippen LogP contribution in [0, 0.1) is 0 Å². The first kappa shape index (κ1) is 17.8. The molecule has 0 aliphatic carbocycles. The third kappa shape index (κ3) is 3.22. The van der Waals surface area contributed by atoms with E-state index in [9.17, 15) is 4.79 Å². The lowest BCUT2D eigenvalue weighted by Gasteiger charge is -2.17. The average Bonchev–Trinajstić information content (AvgIpc) is 3.09. The zero-order chi connectivity index (χ0) is 19.7. The molecule has 0 saturated carbocycles. The highest BCUT2D eigenvalue weighted by Crippen LogP contribution is 2.34. The standard InChI is InChI=1S/C21H21N5O2/c1-26(2)18-8-7-15(16-12-23-20(27)19(16)18)17-9-10-22-21(25-17)24-13-5-4-6-14(11-13)28-3/h4-11H,12H2,1-3H3,(H,23,27)(H,22,24,25). The number of methoxy groups -OCH3 is 1. The minimum Gasteiger partial charge on any atom is -0.497 e. The molecule has 28 heavy (non-hydrogen) atoms. The number of ether oxygens (including phenoxy) is 1. The molecule has 2 heterocycles. The third-order valence-corrected chi connectivity index (χ3v) is 4.68. The van der Waals surface area contributed by atoms with E-state index in [1.165, 1.54) is 0 Å². The Morgan fingerprint density at radius 3 is 2.82 bits per heavy atom. The first-order chi connectivity index (χ1) is 13.6. The predicted octanol–water partition coefficient (Wildman–Crippen LogP) is 3.21. The van der Waals surface area contributed by atoms with Crippen molar-refractivity contribution in [1.82, 2.24) is 15.3 Å². The molecule has 7 heteroatoms. The van der Waals surface area contributed by atoms with Crippen LogP contribution in [0.3, 0.4) is 0 Å². The molecule has 2 aromatic carbocycles. The van der Waals surface area contributed by atoms with Gasteiger partial charge in [-0.2, -0.15) is 0 Å². The molecule has 1 amide bonds. The van der Waals surface area contributed by atoms with Crippen LogP contribution in [0.4, 0.5) is 17.3 Å². The van der Waals surface area contributed by atoms with E-state index in [0.29, 0.717) is 18.1 Å². The number of hydrogen-bond acceptors (Lipinski definition) is 6. The maximum atomic E-state index is 12.3. The molecule has 0 fully saturated rings. The summed E-state index contributed by atoms with van der Waals surface area (Å²) in [4.78, 5) is 23.3. The molecule has 1 aromatic heterocycles. The van der Waals surface area contributed by atoms with Gasteiger partial charge in [-0.1, -0.05) is 12.1 Å². The maximum absolute atomic E-state index is 12.3. The van der Waals surface area contributed by atoms with Crippen LogP contribution in [-0.4, -0.2) is 37.1 Å². The van der Waals surface area contributed by atoms with E-state index < -0.39 is 0 Å². The number of benzene rings is 2. The summed E-state index contributed by atoms with van der Waals surface area (Å²) < 4.78 is 5.25. The van der Waals surface area contributed by atoms with Crippen LogP contribution in [0.2, 0.25) is 0 Å². The SMILES string of the molecule is COc1cccc(Nc2nccc(-c3ccc(N(C)C)c4c3CNC4=O)n2)c1. The zero-order valence-corrected chi connectivity index (χ0v) is 16.0. The number of fused-ring (bicyclic) bond motifs is 1. The van der Waals surface area contributed by atoms with Gasteiger partial charge in [-0.15, -0.1) is 0 Å². The van der Waals surface area contributed by atoms with Crippen LogP contribution in [0.1, 0.15) is 15.9 Å². The van der Waals surface area contributed by atoms with Gasteiger partial charge in [0, 0.05) is 49.8 Å². The van der Waals surface area contributed by atoms with Gasteiger partial charge in [0.1, 0.15) is 5.75 Å². The summed E-state index contributed by atoms with van der Waals surface area (Å²) >= 11 is 0. The minimum atomic E-state index is -0.0515. The van der Waals surface area contributed by atoms with Crippen LogP contribution in [0.5, 0.6) is 5.75 Å². The summed E-state index contributed by atoms with van der Waals surface area (Å²) in [6.07, 6.45) is 1.71. The van der Waals surface area contributed by atoms with Gasteiger partial charge in [-0.05, 0) is 29.8 Å². The molecule has 0 atom stereocenters. The summed E-state index contributed by atoms with van der Waals surface area (Å²) in [5.74, 6) is 1.18. The fourth-order valence-corrected chi connectivity index (χ4v) is 3.34. The van der Waals surface area contributed by atoms with Gasteiger partial charge in [0.15, 0.2) is 0 Å². The molecule has 0 spiro atoms. The van der Waals surface area contributed by atoms with Crippen molar-refractivity contribution in [2.75, 3.05) is 31.4 Å². The van der Waals surface area contributed by atoms with E-state index in [4.69, 9.17) is 4.74 Å². The molecule has 0 unspecified atom stereocenters. The fraction of sp³-hybridized carbons (Fsp3) is 0.190. The highest BCUT2D eigenvalue weighted by atomic mass is 16.5. The quantitative estimate of drug-likeness (QED) is 0.713. The van der Waals surface area contributed by atoms with Crippen molar-refractivity contribution >= 4 is 23.2 Å². The Balaban J connectivity index is 1.71. The van der Waals surface area contributed by atoms with Crippen LogP contribution >= 0.6 is 0 Å². The summed E-state index contributed by atoms with van der Waals surface area (Å²) in [7, 11) is 5.49. The van der Waals surface area contributed by atoms with Gasteiger partial charge in [0.2, 0.25) is 5.95 Å². The first-order valence-electron chi connectivity index (χ1n) is 8.92. The number of rotatable bonds is 5. The monoisotopic (exact) mass is 375 g/mol. The number of anilines is 3. The summed E-state index contributed by atoms with van der Waals surface area (Å²) in [5, 5.41) is 6.12. The van der Waals surface area contributed by atoms with E-state index in [0.717, 1.165) is 33.9 Å².